The highest BCUT2D eigenvalue weighted by Gasteiger charge is 2.42. The van der Waals surface area contributed by atoms with E-state index < -0.39 is 5.41 Å². The largest absolute Gasteiger partial charge is 0.351 e. The number of amides is 2. The Morgan fingerprint density at radius 2 is 1.66 bits per heavy atom. The third-order valence-electron chi connectivity index (χ3n) is 6.32. The molecule has 2 aromatic rings. The third kappa shape index (κ3) is 4.18. The van der Waals surface area contributed by atoms with Crippen LogP contribution in [0.1, 0.15) is 60.0 Å². The second-order valence-corrected chi connectivity index (χ2v) is 8.61. The zero-order valence-electron chi connectivity index (χ0n) is 16.6. The number of nitrogens with zero attached hydrogens (tertiary/aromatic N) is 1. The molecular weight excluding hydrogens is 384 g/mol. The molecule has 4 rings (SSSR count). The van der Waals surface area contributed by atoms with Crippen molar-refractivity contribution in [3.05, 3.63) is 70.2 Å². The van der Waals surface area contributed by atoms with Crippen molar-refractivity contribution in [3.63, 3.8) is 0 Å². The Kier molecular flexibility index (Phi) is 5.91. The van der Waals surface area contributed by atoms with Gasteiger partial charge in [-0.3, -0.25) is 9.59 Å². The van der Waals surface area contributed by atoms with Gasteiger partial charge >= 0.3 is 0 Å². The number of rotatable bonds is 5. The summed E-state index contributed by atoms with van der Waals surface area (Å²) in [5.74, 6) is 0.165. The smallest absolute Gasteiger partial charge is 0.253 e. The molecule has 0 unspecified atom stereocenters. The van der Waals surface area contributed by atoms with Crippen LogP contribution >= 0.6 is 11.6 Å². The van der Waals surface area contributed by atoms with E-state index in [0.29, 0.717) is 17.1 Å². The van der Waals surface area contributed by atoms with E-state index in [0.717, 1.165) is 62.7 Å². The minimum Gasteiger partial charge on any atom is -0.351 e. The Bertz CT molecular complexity index is 882. The topological polar surface area (TPSA) is 49.4 Å². The lowest BCUT2D eigenvalue weighted by atomic mass is 9.78. The summed E-state index contributed by atoms with van der Waals surface area (Å²) in [6.45, 7) is 2.16. The molecule has 1 saturated heterocycles. The fraction of sp³-hybridized carbons (Fsp3) is 0.417. The highest BCUT2D eigenvalue weighted by Crippen LogP contribution is 2.42. The maximum Gasteiger partial charge on any atom is 0.253 e. The fourth-order valence-corrected chi connectivity index (χ4v) is 4.82. The van der Waals surface area contributed by atoms with Crippen molar-refractivity contribution >= 4 is 23.4 Å². The molecule has 1 aliphatic carbocycles. The number of hydrogen-bond donors (Lipinski definition) is 1. The quantitative estimate of drug-likeness (QED) is 0.776. The van der Waals surface area contributed by atoms with E-state index in [4.69, 9.17) is 11.6 Å². The molecule has 2 aromatic carbocycles. The summed E-state index contributed by atoms with van der Waals surface area (Å²) in [6, 6.07) is 15.3. The second-order valence-electron chi connectivity index (χ2n) is 8.18. The molecule has 2 aliphatic rings. The Balaban J connectivity index is 1.42. The van der Waals surface area contributed by atoms with Crippen LogP contribution in [0.15, 0.2) is 48.5 Å². The predicted molar refractivity (Wildman–Crippen MR) is 115 cm³/mol. The molecule has 1 aliphatic heterocycles. The lowest BCUT2D eigenvalue weighted by Gasteiger charge is -2.28. The molecule has 0 bridgehead atoms. The Labute approximate surface area is 177 Å². The van der Waals surface area contributed by atoms with Crippen LogP contribution in [0, 0.1) is 0 Å². The van der Waals surface area contributed by atoms with Crippen LogP contribution < -0.4 is 5.32 Å². The van der Waals surface area contributed by atoms with E-state index in [9.17, 15) is 9.59 Å². The number of hydrogen-bond acceptors (Lipinski definition) is 2. The number of benzene rings is 2. The van der Waals surface area contributed by atoms with Crippen LogP contribution in [0.2, 0.25) is 5.02 Å². The minimum absolute atomic E-state index is 0.0643. The predicted octanol–water partition coefficient (Wildman–Crippen LogP) is 4.70. The van der Waals surface area contributed by atoms with Gasteiger partial charge in [0.25, 0.3) is 5.91 Å². The van der Waals surface area contributed by atoms with Crippen LogP contribution in [-0.2, 0) is 16.8 Å². The van der Waals surface area contributed by atoms with Crippen molar-refractivity contribution in [1.29, 1.82) is 0 Å². The van der Waals surface area contributed by atoms with Gasteiger partial charge < -0.3 is 10.2 Å². The average Bonchev–Trinajstić information content (AvgIpc) is 3.45. The molecule has 0 atom stereocenters. The van der Waals surface area contributed by atoms with Gasteiger partial charge in [-0.05, 0) is 61.1 Å². The first kappa shape index (κ1) is 20.0. The van der Waals surface area contributed by atoms with Gasteiger partial charge in [0.2, 0.25) is 5.91 Å². The SMILES string of the molecule is O=C(c1ccc(CNC(=O)C2(c3cccc(Cl)c3)CCCC2)cc1)N1CCCC1. The van der Waals surface area contributed by atoms with Gasteiger partial charge in [0.1, 0.15) is 0 Å². The van der Waals surface area contributed by atoms with Gasteiger partial charge in [-0.2, -0.15) is 0 Å². The third-order valence-corrected chi connectivity index (χ3v) is 6.55. The van der Waals surface area contributed by atoms with Crippen molar-refractivity contribution in [3.8, 4) is 0 Å². The first-order valence-electron chi connectivity index (χ1n) is 10.5. The van der Waals surface area contributed by atoms with E-state index in [1.807, 2.05) is 53.4 Å². The number of likely N-dealkylation sites (tertiary alicyclic amines) is 1. The maximum absolute atomic E-state index is 13.2. The molecule has 1 N–H and O–H groups in total. The van der Waals surface area contributed by atoms with Crippen LogP contribution in [0.5, 0.6) is 0 Å². The number of nitrogens with one attached hydrogen (secondary N) is 1. The molecule has 1 heterocycles. The lowest BCUT2D eigenvalue weighted by molar-refractivity contribution is -0.126. The summed E-state index contributed by atoms with van der Waals surface area (Å²) in [5.41, 5.74) is 2.23. The first-order valence-corrected chi connectivity index (χ1v) is 10.9. The van der Waals surface area contributed by atoms with Crippen LogP contribution in [-0.4, -0.2) is 29.8 Å². The second kappa shape index (κ2) is 8.58. The summed E-state index contributed by atoms with van der Waals surface area (Å²) in [7, 11) is 0. The molecular formula is C24H27ClN2O2. The Morgan fingerprint density at radius 1 is 0.966 bits per heavy atom. The van der Waals surface area contributed by atoms with Gasteiger partial charge in [-0.1, -0.05) is 48.7 Å². The molecule has 2 fully saturated rings. The van der Waals surface area contributed by atoms with Gasteiger partial charge in [0.05, 0.1) is 5.41 Å². The molecule has 4 nitrogen and oxygen atoms in total. The normalized spacial score (nSPS) is 18.0. The van der Waals surface area contributed by atoms with Crippen LogP contribution in [0.25, 0.3) is 0 Å². The van der Waals surface area contributed by atoms with Crippen LogP contribution in [0.4, 0.5) is 0 Å². The number of carbonyl (C=O) groups is 2. The molecule has 5 heteroatoms. The van der Waals surface area contributed by atoms with E-state index in [1.54, 1.807) is 0 Å². The van der Waals surface area contributed by atoms with Gasteiger partial charge in [-0.15, -0.1) is 0 Å². The molecule has 2 amide bonds. The Hall–Kier alpha value is -2.33. The zero-order chi connectivity index (χ0) is 20.3. The van der Waals surface area contributed by atoms with Gasteiger partial charge in [0, 0.05) is 30.2 Å². The van der Waals surface area contributed by atoms with Gasteiger partial charge in [-0.25, -0.2) is 0 Å². The summed E-state index contributed by atoms with van der Waals surface area (Å²) < 4.78 is 0. The summed E-state index contributed by atoms with van der Waals surface area (Å²) in [6.07, 6.45) is 5.97. The molecule has 152 valence electrons. The van der Waals surface area contributed by atoms with Crippen molar-refractivity contribution in [2.75, 3.05) is 13.1 Å². The van der Waals surface area contributed by atoms with Crippen molar-refractivity contribution in [2.24, 2.45) is 0 Å². The highest BCUT2D eigenvalue weighted by atomic mass is 35.5. The highest BCUT2D eigenvalue weighted by molar-refractivity contribution is 6.30. The van der Waals surface area contributed by atoms with Crippen molar-refractivity contribution in [1.82, 2.24) is 10.2 Å². The lowest BCUT2D eigenvalue weighted by Crippen LogP contribution is -2.42. The summed E-state index contributed by atoms with van der Waals surface area (Å²) in [4.78, 5) is 27.6. The average molecular weight is 411 g/mol. The first-order chi connectivity index (χ1) is 14.1. The van der Waals surface area contributed by atoms with E-state index in [-0.39, 0.29) is 11.8 Å². The number of carbonyl (C=O) groups excluding carboxylic acids is 2. The van der Waals surface area contributed by atoms with E-state index in [2.05, 4.69) is 5.32 Å². The van der Waals surface area contributed by atoms with Crippen molar-refractivity contribution in [2.45, 2.75) is 50.5 Å². The number of halogens is 1. The fourth-order valence-electron chi connectivity index (χ4n) is 4.63. The molecule has 0 aromatic heterocycles. The molecule has 29 heavy (non-hydrogen) atoms. The monoisotopic (exact) mass is 410 g/mol. The van der Waals surface area contributed by atoms with E-state index in [1.165, 1.54) is 0 Å². The maximum atomic E-state index is 13.2. The summed E-state index contributed by atoms with van der Waals surface area (Å²) >= 11 is 6.19. The van der Waals surface area contributed by atoms with Gasteiger partial charge in [0.15, 0.2) is 0 Å². The Morgan fingerprint density at radius 3 is 2.31 bits per heavy atom. The molecule has 0 spiro atoms. The van der Waals surface area contributed by atoms with Crippen LogP contribution in [0.3, 0.4) is 0 Å². The standard InChI is InChI=1S/C24H27ClN2O2/c25-21-7-5-6-20(16-21)24(12-1-2-13-24)23(29)26-17-18-8-10-19(11-9-18)22(28)27-14-3-4-15-27/h5-11,16H,1-4,12-15,17H2,(H,26,29). The van der Waals surface area contributed by atoms with E-state index >= 15 is 0 Å². The zero-order valence-corrected chi connectivity index (χ0v) is 17.4. The summed E-state index contributed by atoms with van der Waals surface area (Å²) in [5, 5.41) is 3.79. The minimum atomic E-state index is -0.490. The van der Waals surface area contributed by atoms with Crippen molar-refractivity contribution < 1.29 is 9.59 Å². The molecule has 1 saturated carbocycles. The molecule has 0 radical (unpaired) electrons.